The first kappa shape index (κ1) is 16.2. The standard InChI is InChI=1S/C15H14ClFN2O3/c1-9-4-6-11(16)14(18-9)15(2,3)22-13-7-5-10(19(20)21)8-12(13)17/h4-8H,1-3H3. The van der Waals surface area contributed by atoms with Crippen molar-refractivity contribution < 1.29 is 14.1 Å². The Kier molecular flexibility index (Phi) is 4.32. The van der Waals surface area contributed by atoms with Gasteiger partial charge in [-0.25, -0.2) is 4.39 Å². The summed E-state index contributed by atoms with van der Waals surface area (Å²) in [7, 11) is 0. The van der Waals surface area contributed by atoms with Gasteiger partial charge in [-0.1, -0.05) is 11.6 Å². The molecular formula is C15H14ClFN2O3. The summed E-state index contributed by atoms with van der Waals surface area (Å²) in [6, 6.07) is 6.67. The van der Waals surface area contributed by atoms with Crippen molar-refractivity contribution in [3.8, 4) is 5.75 Å². The number of ether oxygens (including phenoxy) is 1. The lowest BCUT2D eigenvalue weighted by Crippen LogP contribution is -2.27. The normalized spacial score (nSPS) is 11.3. The van der Waals surface area contributed by atoms with Crippen LogP contribution in [-0.4, -0.2) is 9.91 Å². The van der Waals surface area contributed by atoms with Crippen molar-refractivity contribution in [2.75, 3.05) is 0 Å². The van der Waals surface area contributed by atoms with Gasteiger partial charge in [0.05, 0.1) is 16.0 Å². The van der Waals surface area contributed by atoms with E-state index in [2.05, 4.69) is 4.98 Å². The quantitative estimate of drug-likeness (QED) is 0.617. The number of benzene rings is 1. The number of nitro groups is 1. The predicted octanol–water partition coefficient (Wildman–Crippen LogP) is 4.40. The van der Waals surface area contributed by atoms with E-state index in [1.54, 1.807) is 26.0 Å². The van der Waals surface area contributed by atoms with Crippen LogP contribution in [0.5, 0.6) is 5.75 Å². The van der Waals surface area contributed by atoms with Crippen molar-refractivity contribution in [3.05, 3.63) is 62.7 Å². The molecule has 0 fully saturated rings. The van der Waals surface area contributed by atoms with Gasteiger partial charge in [-0.2, -0.15) is 0 Å². The molecular weight excluding hydrogens is 311 g/mol. The van der Waals surface area contributed by atoms with Crippen LogP contribution in [0.1, 0.15) is 25.2 Å². The van der Waals surface area contributed by atoms with Crippen molar-refractivity contribution in [2.24, 2.45) is 0 Å². The van der Waals surface area contributed by atoms with E-state index in [1.165, 1.54) is 12.1 Å². The van der Waals surface area contributed by atoms with Gasteiger partial charge >= 0.3 is 0 Å². The van der Waals surface area contributed by atoms with Gasteiger partial charge in [0, 0.05) is 11.8 Å². The van der Waals surface area contributed by atoms with Crippen molar-refractivity contribution in [1.29, 1.82) is 0 Å². The smallest absolute Gasteiger partial charge is 0.272 e. The van der Waals surface area contributed by atoms with E-state index in [4.69, 9.17) is 16.3 Å². The maximum Gasteiger partial charge on any atom is 0.272 e. The Labute approximate surface area is 131 Å². The van der Waals surface area contributed by atoms with E-state index in [0.29, 0.717) is 10.7 Å². The second-order valence-corrected chi connectivity index (χ2v) is 5.67. The highest BCUT2D eigenvalue weighted by Gasteiger charge is 2.29. The molecule has 0 N–H and O–H groups in total. The minimum Gasteiger partial charge on any atom is -0.478 e. The fourth-order valence-electron chi connectivity index (χ4n) is 1.97. The molecule has 7 heteroatoms. The van der Waals surface area contributed by atoms with Crippen molar-refractivity contribution in [1.82, 2.24) is 4.98 Å². The van der Waals surface area contributed by atoms with Crippen LogP contribution >= 0.6 is 11.6 Å². The van der Waals surface area contributed by atoms with Gasteiger partial charge in [-0.3, -0.25) is 15.1 Å². The van der Waals surface area contributed by atoms with Crippen LogP contribution in [0.4, 0.5) is 10.1 Å². The van der Waals surface area contributed by atoms with E-state index in [1.807, 2.05) is 6.92 Å². The van der Waals surface area contributed by atoms with Gasteiger partial charge in [0.15, 0.2) is 11.6 Å². The molecule has 1 heterocycles. The van der Waals surface area contributed by atoms with Gasteiger partial charge in [-0.15, -0.1) is 0 Å². The van der Waals surface area contributed by atoms with Gasteiger partial charge < -0.3 is 4.74 Å². The molecule has 22 heavy (non-hydrogen) atoms. The van der Waals surface area contributed by atoms with Gasteiger partial charge in [0.25, 0.3) is 5.69 Å². The summed E-state index contributed by atoms with van der Waals surface area (Å²) in [5.41, 5.74) is -0.124. The van der Waals surface area contributed by atoms with E-state index in [9.17, 15) is 14.5 Å². The Hall–Kier alpha value is -2.21. The number of hydrogen-bond acceptors (Lipinski definition) is 4. The number of rotatable bonds is 4. The molecule has 116 valence electrons. The summed E-state index contributed by atoms with van der Waals surface area (Å²) < 4.78 is 19.6. The summed E-state index contributed by atoms with van der Waals surface area (Å²) in [6.45, 7) is 5.20. The molecule has 0 aliphatic rings. The van der Waals surface area contributed by atoms with Gasteiger partial charge in [0.1, 0.15) is 11.3 Å². The van der Waals surface area contributed by atoms with E-state index in [0.717, 1.165) is 11.8 Å². The molecule has 0 atom stereocenters. The third kappa shape index (κ3) is 3.33. The lowest BCUT2D eigenvalue weighted by Gasteiger charge is -2.27. The summed E-state index contributed by atoms with van der Waals surface area (Å²) >= 11 is 6.13. The Morgan fingerprint density at radius 3 is 2.59 bits per heavy atom. The maximum absolute atomic E-state index is 14.0. The van der Waals surface area contributed by atoms with Gasteiger partial charge in [-0.05, 0) is 39.0 Å². The average Bonchev–Trinajstić information content (AvgIpc) is 2.43. The number of aryl methyl sites for hydroxylation is 1. The topological polar surface area (TPSA) is 65.3 Å². The zero-order valence-corrected chi connectivity index (χ0v) is 13.0. The molecule has 5 nitrogen and oxygen atoms in total. The summed E-state index contributed by atoms with van der Waals surface area (Å²) in [5, 5.41) is 11.0. The first-order valence-electron chi connectivity index (χ1n) is 6.47. The van der Waals surface area contributed by atoms with E-state index in [-0.39, 0.29) is 11.4 Å². The maximum atomic E-state index is 14.0. The minimum absolute atomic E-state index is 0.102. The lowest BCUT2D eigenvalue weighted by molar-refractivity contribution is -0.385. The van der Waals surface area contributed by atoms with Crippen LogP contribution in [0, 0.1) is 22.9 Å². The Bertz CT molecular complexity index is 735. The predicted molar refractivity (Wildman–Crippen MR) is 80.7 cm³/mol. The molecule has 0 saturated heterocycles. The van der Waals surface area contributed by atoms with E-state index >= 15 is 0 Å². The molecule has 0 aliphatic heterocycles. The van der Waals surface area contributed by atoms with Crippen molar-refractivity contribution >= 4 is 17.3 Å². The Morgan fingerprint density at radius 1 is 1.32 bits per heavy atom. The molecule has 1 aromatic heterocycles. The van der Waals surface area contributed by atoms with Crippen molar-refractivity contribution in [2.45, 2.75) is 26.4 Å². The number of aromatic nitrogens is 1. The number of halogens is 2. The number of hydrogen-bond donors (Lipinski definition) is 0. The average molecular weight is 325 g/mol. The second-order valence-electron chi connectivity index (χ2n) is 5.27. The largest absolute Gasteiger partial charge is 0.478 e. The molecule has 2 aromatic rings. The zero-order chi connectivity index (χ0) is 16.5. The molecule has 0 radical (unpaired) electrons. The van der Waals surface area contributed by atoms with Crippen LogP contribution in [-0.2, 0) is 5.60 Å². The first-order valence-corrected chi connectivity index (χ1v) is 6.85. The number of pyridine rings is 1. The third-order valence-corrected chi connectivity index (χ3v) is 3.35. The lowest BCUT2D eigenvalue weighted by atomic mass is 10.0. The molecule has 1 aromatic carbocycles. The van der Waals surface area contributed by atoms with Gasteiger partial charge in [0.2, 0.25) is 0 Å². The monoisotopic (exact) mass is 324 g/mol. The molecule has 0 bridgehead atoms. The van der Waals surface area contributed by atoms with Crippen LogP contribution in [0.3, 0.4) is 0 Å². The third-order valence-electron chi connectivity index (χ3n) is 3.05. The molecule has 0 aliphatic carbocycles. The molecule has 0 spiro atoms. The highest BCUT2D eigenvalue weighted by molar-refractivity contribution is 6.31. The fourth-order valence-corrected chi connectivity index (χ4v) is 2.30. The second kappa shape index (κ2) is 5.88. The summed E-state index contributed by atoms with van der Waals surface area (Å²) in [6.07, 6.45) is 0. The molecule has 0 amide bonds. The number of nitrogens with zero attached hydrogens (tertiary/aromatic N) is 2. The summed E-state index contributed by atoms with van der Waals surface area (Å²) in [4.78, 5) is 14.3. The summed E-state index contributed by atoms with van der Waals surface area (Å²) in [5.74, 6) is -0.916. The zero-order valence-electron chi connectivity index (χ0n) is 12.3. The molecule has 2 rings (SSSR count). The van der Waals surface area contributed by atoms with Crippen LogP contribution in [0.25, 0.3) is 0 Å². The van der Waals surface area contributed by atoms with E-state index < -0.39 is 16.3 Å². The Morgan fingerprint density at radius 2 is 2.00 bits per heavy atom. The SMILES string of the molecule is Cc1ccc(Cl)c(C(C)(C)Oc2ccc([N+](=O)[O-])cc2F)n1. The number of nitro benzene ring substituents is 1. The molecule has 0 unspecified atom stereocenters. The van der Waals surface area contributed by atoms with Crippen LogP contribution < -0.4 is 4.74 Å². The first-order chi connectivity index (χ1) is 10.2. The van der Waals surface area contributed by atoms with Crippen LogP contribution in [0.2, 0.25) is 5.02 Å². The Balaban J connectivity index is 2.36. The minimum atomic E-state index is -1.000. The number of non-ortho nitro benzene ring substituents is 1. The van der Waals surface area contributed by atoms with Crippen molar-refractivity contribution in [3.63, 3.8) is 0 Å². The highest BCUT2D eigenvalue weighted by Crippen LogP contribution is 2.33. The molecule has 0 saturated carbocycles. The highest BCUT2D eigenvalue weighted by atomic mass is 35.5. The fraction of sp³-hybridized carbons (Fsp3) is 0.267. The van der Waals surface area contributed by atoms with Crippen LogP contribution in [0.15, 0.2) is 30.3 Å².